The van der Waals surface area contributed by atoms with Gasteiger partial charge in [0.2, 0.25) is 0 Å². The molecule has 21 heavy (non-hydrogen) atoms. The van der Waals surface area contributed by atoms with Crippen LogP contribution in [-0.4, -0.2) is 17.1 Å². The lowest BCUT2D eigenvalue weighted by atomic mass is 9.89. The number of hydrogen-bond donors (Lipinski definition) is 2. The maximum absolute atomic E-state index is 12.2. The fourth-order valence-corrected chi connectivity index (χ4v) is 3.29. The van der Waals surface area contributed by atoms with Crippen LogP contribution in [0.25, 0.3) is 22.2 Å². The summed E-state index contributed by atoms with van der Waals surface area (Å²) < 4.78 is 5.30. The molecule has 3 aromatic rings. The molecule has 106 valence electrons. The van der Waals surface area contributed by atoms with Crippen LogP contribution in [0.3, 0.4) is 0 Å². The second kappa shape index (κ2) is 4.25. The van der Waals surface area contributed by atoms with Crippen LogP contribution in [0.4, 0.5) is 0 Å². The van der Waals surface area contributed by atoms with Crippen molar-refractivity contribution in [3.05, 3.63) is 51.4 Å². The van der Waals surface area contributed by atoms with E-state index in [-0.39, 0.29) is 5.56 Å². The summed E-state index contributed by atoms with van der Waals surface area (Å²) in [6, 6.07) is 6.13. The van der Waals surface area contributed by atoms with E-state index < -0.39 is 0 Å². The predicted octanol–water partition coefficient (Wildman–Crippen LogP) is 2.94. The number of H-pyrrole nitrogens is 2. The summed E-state index contributed by atoms with van der Waals surface area (Å²) in [5, 5.41) is 0.812. The minimum Gasteiger partial charge on any atom is -0.497 e. The molecule has 0 aliphatic heterocycles. The number of rotatable bonds is 1. The van der Waals surface area contributed by atoms with Gasteiger partial charge in [0.15, 0.2) is 0 Å². The molecule has 0 unspecified atom stereocenters. The molecule has 1 aromatic carbocycles. The maximum Gasteiger partial charge on any atom is 0.257 e. The Morgan fingerprint density at radius 1 is 1.24 bits per heavy atom. The number of methoxy groups -OCH3 is 1. The SMILES string of the molecule is COc1ccc2c(c1)CCc1c-2[nH]c2c(C)c[nH]c(=O)c12. The molecule has 0 saturated carbocycles. The first-order chi connectivity index (χ1) is 10.2. The van der Waals surface area contributed by atoms with Crippen molar-refractivity contribution in [3.8, 4) is 17.0 Å². The van der Waals surface area contributed by atoms with Crippen molar-refractivity contribution in [2.45, 2.75) is 19.8 Å². The molecule has 0 atom stereocenters. The second-order valence-electron chi connectivity index (χ2n) is 5.55. The van der Waals surface area contributed by atoms with Gasteiger partial charge in [0, 0.05) is 11.8 Å². The van der Waals surface area contributed by atoms with Crippen LogP contribution in [-0.2, 0) is 12.8 Å². The third-order valence-corrected chi connectivity index (χ3v) is 4.37. The Kier molecular flexibility index (Phi) is 2.48. The number of aromatic nitrogens is 2. The molecule has 1 aliphatic carbocycles. The van der Waals surface area contributed by atoms with Crippen molar-refractivity contribution in [2.75, 3.05) is 7.11 Å². The standard InChI is InChI=1S/C17H16N2O2/c1-9-8-18-17(20)14-13-5-3-10-7-11(21-2)4-6-12(10)16(13)19-15(9)14/h4,6-8,19H,3,5H2,1-2H3,(H,18,20). The highest BCUT2D eigenvalue weighted by atomic mass is 16.5. The highest BCUT2D eigenvalue weighted by molar-refractivity contribution is 5.93. The molecule has 1 aliphatic rings. The highest BCUT2D eigenvalue weighted by Gasteiger charge is 2.23. The molecule has 2 aromatic heterocycles. The van der Waals surface area contributed by atoms with E-state index in [1.165, 1.54) is 11.1 Å². The lowest BCUT2D eigenvalue weighted by Gasteiger charge is -2.17. The third kappa shape index (κ3) is 1.65. The zero-order chi connectivity index (χ0) is 14.6. The highest BCUT2D eigenvalue weighted by Crippen LogP contribution is 2.38. The number of hydrogen-bond acceptors (Lipinski definition) is 2. The average molecular weight is 280 g/mol. The number of aromatic amines is 2. The summed E-state index contributed by atoms with van der Waals surface area (Å²) in [6.07, 6.45) is 3.57. The first-order valence-corrected chi connectivity index (χ1v) is 7.09. The lowest BCUT2D eigenvalue weighted by molar-refractivity contribution is 0.414. The average Bonchev–Trinajstić information content (AvgIpc) is 2.91. The quantitative estimate of drug-likeness (QED) is 0.720. The van der Waals surface area contributed by atoms with E-state index in [1.807, 2.05) is 13.0 Å². The fraction of sp³-hybridized carbons (Fsp3) is 0.235. The van der Waals surface area contributed by atoms with Gasteiger partial charge in [0.25, 0.3) is 5.56 Å². The van der Waals surface area contributed by atoms with Crippen molar-refractivity contribution < 1.29 is 4.74 Å². The van der Waals surface area contributed by atoms with Gasteiger partial charge < -0.3 is 14.7 Å². The monoisotopic (exact) mass is 280 g/mol. The fourth-order valence-electron chi connectivity index (χ4n) is 3.29. The first-order valence-electron chi connectivity index (χ1n) is 7.09. The molecule has 2 N–H and O–H groups in total. The van der Waals surface area contributed by atoms with Crippen LogP contribution in [0.15, 0.2) is 29.2 Å². The topological polar surface area (TPSA) is 57.9 Å². The number of fused-ring (bicyclic) bond motifs is 5. The number of aryl methyl sites for hydroxylation is 3. The molecule has 0 saturated heterocycles. The zero-order valence-corrected chi connectivity index (χ0v) is 12.0. The first kappa shape index (κ1) is 12.3. The summed E-state index contributed by atoms with van der Waals surface area (Å²) in [5.41, 5.74) is 6.65. The van der Waals surface area contributed by atoms with Crippen molar-refractivity contribution in [3.63, 3.8) is 0 Å². The summed E-state index contributed by atoms with van der Waals surface area (Å²) >= 11 is 0. The van der Waals surface area contributed by atoms with Gasteiger partial charge in [-0.2, -0.15) is 0 Å². The molecule has 4 heteroatoms. The molecular weight excluding hydrogens is 264 g/mol. The van der Waals surface area contributed by atoms with E-state index in [4.69, 9.17) is 4.74 Å². The van der Waals surface area contributed by atoms with Gasteiger partial charge in [-0.3, -0.25) is 4.79 Å². The summed E-state index contributed by atoms with van der Waals surface area (Å²) in [4.78, 5) is 18.5. The van der Waals surface area contributed by atoms with E-state index in [9.17, 15) is 4.79 Å². The number of pyridine rings is 1. The summed E-state index contributed by atoms with van der Waals surface area (Å²) in [7, 11) is 1.68. The van der Waals surface area contributed by atoms with Gasteiger partial charge in [-0.1, -0.05) is 0 Å². The van der Waals surface area contributed by atoms with Gasteiger partial charge in [-0.25, -0.2) is 0 Å². The Labute approximate surface area is 121 Å². The molecular formula is C17H16N2O2. The summed E-state index contributed by atoms with van der Waals surface area (Å²) in [5.74, 6) is 0.877. The van der Waals surface area contributed by atoms with E-state index in [0.717, 1.165) is 46.3 Å². The minimum absolute atomic E-state index is 0.00920. The van der Waals surface area contributed by atoms with Crippen molar-refractivity contribution in [1.29, 1.82) is 0 Å². The van der Waals surface area contributed by atoms with Gasteiger partial charge >= 0.3 is 0 Å². The molecule has 0 bridgehead atoms. The molecule has 0 amide bonds. The Morgan fingerprint density at radius 2 is 2.10 bits per heavy atom. The van der Waals surface area contributed by atoms with E-state index in [0.29, 0.717) is 0 Å². The van der Waals surface area contributed by atoms with Crippen LogP contribution in [0, 0.1) is 6.92 Å². The Morgan fingerprint density at radius 3 is 2.90 bits per heavy atom. The maximum atomic E-state index is 12.2. The zero-order valence-electron chi connectivity index (χ0n) is 12.0. The molecule has 0 fully saturated rings. The predicted molar refractivity (Wildman–Crippen MR) is 83.1 cm³/mol. The van der Waals surface area contributed by atoms with Crippen LogP contribution < -0.4 is 10.3 Å². The van der Waals surface area contributed by atoms with Crippen LogP contribution in [0.1, 0.15) is 16.7 Å². The molecule has 2 heterocycles. The smallest absolute Gasteiger partial charge is 0.257 e. The van der Waals surface area contributed by atoms with Gasteiger partial charge in [-0.05, 0) is 54.7 Å². The minimum atomic E-state index is -0.00920. The number of benzene rings is 1. The Balaban J connectivity index is 2.05. The number of nitrogens with one attached hydrogen (secondary N) is 2. The van der Waals surface area contributed by atoms with Gasteiger partial charge in [0.1, 0.15) is 5.75 Å². The molecule has 4 rings (SSSR count). The molecule has 4 nitrogen and oxygen atoms in total. The van der Waals surface area contributed by atoms with Crippen molar-refractivity contribution in [1.82, 2.24) is 9.97 Å². The van der Waals surface area contributed by atoms with E-state index in [2.05, 4.69) is 22.1 Å². The van der Waals surface area contributed by atoms with Crippen molar-refractivity contribution in [2.24, 2.45) is 0 Å². The Bertz CT molecular complexity index is 918. The van der Waals surface area contributed by atoms with E-state index >= 15 is 0 Å². The lowest BCUT2D eigenvalue weighted by Crippen LogP contribution is -2.09. The Hall–Kier alpha value is -2.49. The van der Waals surface area contributed by atoms with Crippen LogP contribution >= 0.6 is 0 Å². The second-order valence-corrected chi connectivity index (χ2v) is 5.55. The van der Waals surface area contributed by atoms with Crippen LogP contribution in [0.5, 0.6) is 5.75 Å². The van der Waals surface area contributed by atoms with Gasteiger partial charge in [-0.15, -0.1) is 0 Å². The molecule has 0 radical (unpaired) electrons. The molecule has 0 spiro atoms. The largest absolute Gasteiger partial charge is 0.497 e. The summed E-state index contributed by atoms with van der Waals surface area (Å²) in [6.45, 7) is 2.01. The van der Waals surface area contributed by atoms with Gasteiger partial charge in [0.05, 0.1) is 23.7 Å². The van der Waals surface area contributed by atoms with Crippen LogP contribution in [0.2, 0.25) is 0 Å². The van der Waals surface area contributed by atoms with E-state index in [1.54, 1.807) is 13.3 Å². The van der Waals surface area contributed by atoms with Crippen molar-refractivity contribution >= 4 is 10.9 Å². The normalized spacial score (nSPS) is 13.0. The number of ether oxygens (including phenoxy) is 1. The third-order valence-electron chi connectivity index (χ3n) is 4.37.